The van der Waals surface area contributed by atoms with Gasteiger partial charge in [0.05, 0.1) is 0 Å². The average Bonchev–Trinajstić information content (AvgIpc) is 2.78. The Morgan fingerprint density at radius 3 is 2.52 bits per heavy atom. The number of carbonyl (C=O) groups excluding carboxylic acids is 2. The molecule has 166 valence electrons. The zero-order valence-electron chi connectivity index (χ0n) is 18.6. The fourth-order valence-electron chi connectivity index (χ4n) is 3.82. The van der Waals surface area contributed by atoms with Crippen LogP contribution in [0.25, 0.3) is 0 Å². The monoisotopic (exact) mass is 424 g/mol. The Kier molecular flexibility index (Phi) is 7.93. The van der Waals surface area contributed by atoms with Crippen molar-refractivity contribution in [2.75, 3.05) is 19.8 Å². The van der Waals surface area contributed by atoms with E-state index in [0.29, 0.717) is 45.6 Å². The van der Waals surface area contributed by atoms with E-state index in [9.17, 15) is 9.59 Å². The van der Waals surface area contributed by atoms with Gasteiger partial charge in [-0.15, -0.1) is 0 Å². The molecule has 3 rings (SSSR count). The first-order valence-corrected chi connectivity index (χ1v) is 11.0. The standard InChI is InChI=1S/C25H32N2O4/c1-4-21(25(29)26-5-2)27(17-20-9-7-6-8-18(20)3)24(28)13-11-19-10-12-22-23(16-19)31-15-14-30-22/h6-10,12,16,21H,4-5,11,13-15,17H2,1-3H3,(H,26,29). The van der Waals surface area contributed by atoms with E-state index in [1.54, 1.807) is 4.90 Å². The van der Waals surface area contributed by atoms with Crippen molar-refractivity contribution in [2.45, 2.75) is 52.6 Å². The van der Waals surface area contributed by atoms with Crippen molar-refractivity contribution >= 4 is 11.8 Å². The molecule has 1 aliphatic heterocycles. The Morgan fingerprint density at radius 1 is 1.06 bits per heavy atom. The van der Waals surface area contributed by atoms with Crippen LogP contribution in [0.4, 0.5) is 0 Å². The van der Waals surface area contributed by atoms with Gasteiger partial charge in [-0.1, -0.05) is 37.3 Å². The quantitative estimate of drug-likeness (QED) is 0.667. The number of nitrogens with zero attached hydrogens (tertiary/aromatic N) is 1. The predicted molar refractivity (Wildman–Crippen MR) is 120 cm³/mol. The lowest BCUT2D eigenvalue weighted by atomic mass is 10.0. The molecule has 1 atom stereocenters. The van der Waals surface area contributed by atoms with Crippen LogP contribution >= 0.6 is 0 Å². The largest absolute Gasteiger partial charge is 0.486 e. The maximum Gasteiger partial charge on any atom is 0.242 e. The smallest absolute Gasteiger partial charge is 0.242 e. The highest BCUT2D eigenvalue weighted by atomic mass is 16.6. The first kappa shape index (κ1) is 22.7. The Balaban J connectivity index is 1.76. The summed E-state index contributed by atoms with van der Waals surface area (Å²) in [5.41, 5.74) is 3.18. The lowest BCUT2D eigenvalue weighted by Crippen LogP contribution is -2.49. The highest BCUT2D eigenvalue weighted by molar-refractivity contribution is 5.87. The van der Waals surface area contributed by atoms with Crippen molar-refractivity contribution in [3.8, 4) is 11.5 Å². The van der Waals surface area contributed by atoms with Gasteiger partial charge in [0.15, 0.2) is 11.5 Å². The molecule has 2 aromatic carbocycles. The summed E-state index contributed by atoms with van der Waals surface area (Å²) in [5, 5.41) is 2.88. The van der Waals surface area contributed by atoms with Crippen LogP contribution in [0.3, 0.4) is 0 Å². The molecule has 0 fully saturated rings. The topological polar surface area (TPSA) is 67.9 Å². The molecule has 2 amide bonds. The molecule has 0 aromatic heterocycles. The van der Waals surface area contributed by atoms with Crippen LogP contribution in [-0.2, 0) is 22.6 Å². The normalized spacial score (nSPS) is 13.4. The van der Waals surface area contributed by atoms with E-state index in [1.807, 2.05) is 63.2 Å². The van der Waals surface area contributed by atoms with Gasteiger partial charge in [0.25, 0.3) is 0 Å². The van der Waals surface area contributed by atoms with Gasteiger partial charge >= 0.3 is 0 Å². The van der Waals surface area contributed by atoms with Crippen molar-refractivity contribution in [1.82, 2.24) is 10.2 Å². The molecule has 2 aromatic rings. The molecule has 31 heavy (non-hydrogen) atoms. The Morgan fingerprint density at radius 2 is 1.81 bits per heavy atom. The second kappa shape index (κ2) is 10.8. The molecule has 6 heteroatoms. The predicted octanol–water partition coefficient (Wildman–Crippen LogP) is 3.64. The molecule has 1 N–H and O–H groups in total. The van der Waals surface area contributed by atoms with Crippen molar-refractivity contribution in [1.29, 1.82) is 0 Å². The van der Waals surface area contributed by atoms with Crippen molar-refractivity contribution < 1.29 is 19.1 Å². The van der Waals surface area contributed by atoms with Crippen LogP contribution < -0.4 is 14.8 Å². The lowest BCUT2D eigenvalue weighted by Gasteiger charge is -2.31. The molecule has 0 spiro atoms. The molecule has 6 nitrogen and oxygen atoms in total. The molecule has 0 bridgehead atoms. The Hall–Kier alpha value is -3.02. The summed E-state index contributed by atoms with van der Waals surface area (Å²) in [6.45, 7) is 7.90. The third kappa shape index (κ3) is 5.78. The summed E-state index contributed by atoms with van der Waals surface area (Å²) in [6.07, 6.45) is 1.46. The van der Waals surface area contributed by atoms with E-state index in [1.165, 1.54) is 0 Å². The molecule has 1 aliphatic rings. The minimum Gasteiger partial charge on any atom is -0.486 e. The average molecular weight is 425 g/mol. The Labute approximate surface area is 184 Å². The van der Waals surface area contributed by atoms with Gasteiger partial charge in [-0.05, 0) is 55.5 Å². The Bertz CT molecular complexity index is 912. The molecule has 0 radical (unpaired) electrons. The summed E-state index contributed by atoms with van der Waals surface area (Å²) >= 11 is 0. The van der Waals surface area contributed by atoms with Gasteiger partial charge in [-0.3, -0.25) is 9.59 Å². The molecule has 0 saturated carbocycles. The summed E-state index contributed by atoms with van der Waals surface area (Å²) in [6, 6.07) is 13.3. The summed E-state index contributed by atoms with van der Waals surface area (Å²) in [5.74, 6) is 1.33. The SMILES string of the molecule is CCNC(=O)C(CC)N(Cc1ccccc1C)C(=O)CCc1ccc2c(c1)OCCO2. The minimum atomic E-state index is -0.493. The zero-order valence-corrected chi connectivity index (χ0v) is 18.6. The summed E-state index contributed by atoms with van der Waals surface area (Å²) < 4.78 is 11.2. The molecular weight excluding hydrogens is 392 g/mol. The number of hydrogen-bond donors (Lipinski definition) is 1. The van der Waals surface area contributed by atoms with E-state index in [4.69, 9.17) is 9.47 Å². The first-order valence-electron chi connectivity index (χ1n) is 11.0. The number of ether oxygens (including phenoxy) is 2. The van der Waals surface area contributed by atoms with Crippen LogP contribution in [0.5, 0.6) is 11.5 Å². The van der Waals surface area contributed by atoms with Gasteiger partial charge < -0.3 is 19.7 Å². The maximum absolute atomic E-state index is 13.3. The fourth-order valence-corrected chi connectivity index (χ4v) is 3.82. The second-order valence-electron chi connectivity index (χ2n) is 7.74. The van der Waals surface area contributed by atoms with Gasteiger partial charge in [0.2, 0.25) is 11.8 Å². The molecule has 0 aliphatic carbocycles. The van der Waals surface area contributed by atoms with Gasteiger partial charge in [-0.2, -0.15) is 0 Å². The number of aryl methyl sites for hydroxylation is 2. The molecule has 0 saturated heterocycles. The van der Waals surface area contributed by atoms with Crippen LogP contribution in [-0.4, -0.2) is 42.5 Å². The van der Waals surface area contributed by atoms with Crippen LogP contribution in [0, 0.1) is 6.92 Å². The van der Waals surface area contributed by atoms with Crippen molar-refractivity contribution in [3.05, 3.63) is 59.2 Å². The second-order valence-corrected chi connectivity index (χ2v) is 7.74. The third-order valence-corrected chi connectivity index (χ3v) is 5.57. The van der Waals surface area contributed by atoms with Crippen molar-refractivity contribution in [3.63, 3.8) is 0 Å². The number of fused-ring (bicyclic) bond motifs is 1. The van der Waals surface area contributed by atoms with Gasteiger partial charge in [-0.25, -0.2) is 0 Å². The van der Waals surface area contributed by atoms with Gasteiger partial charge in [0.1, 0.15) is 19.3 Å². The van der Waals surface area contributed by atoms with E-state index < -0.39 is 6.04 Å². The van der Waals surface area contributed by atoms with Crippen LogP contribution in [0.1, 0.15) is 43.4 Å². The maximum atomic E-state index is 13.3. The number of rotatable bonds is 9. The fraction of sp³-hybridized carbons (Fsp3) is 0.440. The number of hydrogen-bond acceptors (Lipinski definition) is 4. The van der Waals surface area contributed by atoms with E-state index in [0.717, 1.165) is 28.2 Å². The molecular formula is C25H32N2O4. The van der Waals surface area contributed by atoms with Crippen molar-refractivity contribution in [2.24, 2.45) is 0 Å². The summed E-state index contributed by atoms with van der Waals surface area (Å²) in [7, 11) is 0. The minimum absolute atomic E-state index is 0.0313. The van der Waals surface area contributed by atoms with Gasteiger partial charge in [0, 0.05) is 19.5 Å². The van der Waals surface area contributed by atoms with E-state index >= 15 is 0 Å². The number of likely N-dealkylation sites (N-methyl/N-ethyl adjacent to an activating group) is 1. The number of amides is 2. The van der Waals surface area contributed by atoms with E-state index in [2.05, 4.69) is 5.32 Å². The highest BCUT2D eigenvalue weighted by Crippen LogP contribution is 2.31. The number of nitrogens with one attached hydrogen (secondary N) is 1. The first-order chi connectivity index (χ1) is 15.0. The van der Waals surface area contributed by atoms with Crippen LogP contribution in [0.15, 0.2) is 42.5 Å². The number of benzene rings is 2. The van der Waals surface area contributed by atoms with E-state index in [-0.39, 0.29) is 11.8 Å². The highest BCUT2D eigenvalue weighted by Gasteiger charge is 2.28. The molecule has 1 unspecified atom stereocenters. The third-order valence-electron chi connectivity index (χ3n) is 5.57. The molecule has 1 heterocycles. The zero-order chi connectivity index (χ0) is 22.2. The lowest BCUT2D eigenvalue weighted by molar-refractivity contribution is -0.141. The van der Waals surface area contributed by atoms with Crippen LogP contribution in [0.2, 0.25) is 0 Å². The summed E-state index contributed by atoms with van der Waals surface area (Å²) in [4.78, 5) is 27.7. The number of carbonyl (C=O) groups is 2.